The molecule has 17 heavy (non-hydrogen) atoms. The van der Waals surface area contributed by atoms with Gasteiger partial charge in [0.1, 0.15) is 0 Å². The van der Waals surface area contributed by atoms with Gasteiger partial charge in [-0.2, -0.15) is 0 Å². The van der Waals surface area contributed by atoms with Crippen LogP contribution in [-0.4, -0.2) is 62.7 Å². The zero-order valence-electron chi connectivity index (χ0n) is 12.5. The van der Waals surface area contributed by atoms with E-state index < -0.39 is 0 Å². The van der Waals surface area contributed by atoms with Crippen LogP contribution in [0.1, 0.15) is 27.2 Å². The first kappa shape index (κ1) is 14.9. The Kier molecular flexibility index (Phi) is 5.90. The minimum absolute atomic E-state index is 0.602. The van der Waals surface area contributed by atoms with Crippen LogP contribution in [0.2, 0.25) is 0 Å². The molecular weight excluding hydrogens is 210 g/mol. The van der Waals surface area contributed by atoms with Crippen LogP contribution in [0, 0.1) is 11.8 Å². The minimum Gasteiger partial charge on any atom is -0.315 e. The third-order valence-corrected chi connectivity index (χ3v) is 4.10. The van der Waals surface area contributed by atoms with Gasteiger partial charge in [-0.3, -0.25) is 4.90 Å². The van der Waals surface area contributed by atoms with Gasteiger partial charge in [0.2, 0.25) is 0 Å². The monoisotopic (exact) mass is 241 g/mol. The molecule has 0 aromatic carbocycles. The lowest BCUT2D eigenvalue weighted by Crippen LogP contribution is -2.60. The van der Waals surface area contributed by atoms with E-state index in [1.807, 2.05) is 0 Å². The molecule has 0 aromatic rings. The van der Waals surface area contributed by atoms with Crippen molar-refractivity contribution in [1.82, 2.24) is 15.1 Å². The number of hydrogen-bond donors (Lipinski definition) is 1. The first-order chi connectivity index (χ1) is 7.95. The Morgan fingerprint density at radius 1 is 1.18 bits per heavy atom. The third kappa shape index (κ3) is 4.23. The van der Waals surface area contributed by atoms with Gasteiger partial charge in [-0.25, -0.2) is 0 Å². The van der Waals surface area contributed by atoms with E-state index in [1.54, 1.807) is 0 Å². The molecule has 3 unspecified atom stereocenters. The van der Waals surface area contributed by atoms with Gasteiger partial charge >= 0.3 is 0 Å². The molecule has 3 heteroatoms. The molecule has 1 heterocycles. The summed E-state index contributed by atoms with van der Waals surface area (Å²) in [6.07, 6.45) is 1.31. The van der Waals surface area contributed by atoms with Crippen LogP contribution in [0.25, 0.3) is 0 Å². The molecule has 3 nitrogen and oxygen atoms in total. The molecule has 0 bridgehead atoms. The van der Waals surface area contributed by atoms with E-state index in [0.717, 1.165) is 11.8 Å². The number of nitrogens with zero attached hydrogens (tertiary/aromatic N) is 2. The van der Waals surface area contributed by atoms with Crippen LogP contribution in [0.5, 0.6) is 0 Å². The Labute approximate surface area is 108 Å². The Hall–Kier alpha value is -0.120. The maximum absolute atomic E-state index is 3.56. The van der Waals surface area contributed by atoms with Crippen molar-refractivity contribution in [1.29, 1.82) is 0 Å². The van der Waals surface area contributed by atoms with E-state index in [-0.39, 0.29) is 0 Å². The average molecular weight is 241 g/mol. The van der Waals surface area contributed by atoms with Crippen molar-refractivity contribution in [3.05, 3.63) is 0 Å². The smallest absolute Gasteiger partial charge is 0.0376 e. The molecule has 1 saturated heterocycles. The lowest BCUT2D eigenvalue weighted by atomic mass is 9.86. The molecule has 0 radical (unpaired) electrons. The van der Waals surface area contributed by atoms with Crippen LogP contribution in [0.4, 0.5) is 0 Å². The summed E-state index contributed by atoms with van der Waals surface area (Å²) in [6, 6.07) is 1.25. The molecule has 1 rings (SSSR count). The van der Waals surface area contributed by atoms with Gasteiger partial charge in [0.25, 0.3) is 0 Å². The number of nitrogens with one attached hydrogen (secondary N) is 1. The molecule has 0 spiro atoms. The normalized spacial score (nSPS) is 27.4. The van der Waals surface area contributed by atoms with E-state index in [1.165, 1.54) is 26.1 Å². The second-order valence-corrected chi connectivity index (χ2v) is 6.23. The summed E-state index contributed by atoms with van der Waals surface area (Å²) in [4.78, 5) is 4.98. The fourth-order valence-electron chi connectivity index (χ4n) is 3.18. The highest BCUT2D eigenvalue weighted by Gasteiger charge is 2.32. The fourth-order valence-corrected chi connectivity index (χ4v) is 3.18. The zero-order chi connectivity index (χ0) is 13.0. The summed E-state index contributed by atoms with van der Waals surface area (Å²) in [7, 11) is 6.62. The second kappa shape index (κ2) is 6.72. The highest BCUT2D eigenvalue weighted by molar-refractivity contribution is 4.91. The highest BCUT2D eigenvalue weighted by Crippen LogP contribution is 2.21. The van der Waals surface area contributed by atoms with Gasteiger partial charge in [0.05, 0.1) is 0 Å². The maximum Gasteiger partial charge on any atom is 0.0376 e. The van der Waals surface area contributed by atoms with Gasteiger partial charge < -0.3 is 10.2 Å². The zero-order valence-corrected chi connectivity index (χ0v) is 12.5. The SMILES string of the molecule is CNC(C(C)CC(C)C)C1CN(C)CCN1C. The van der Waals surface area contributed by atoms with Crippen molar-refractivity contribution in [3.8, 4) is 0 Å². The van der Waals surface area contributed by atoms with Gasteiger partial charge in [-0.1, -0.05) is 20.8 Å². The van der Waals surface area contributed by atoms with Gasteiger partial charge in [-0.05, 0) is 39.4 Å². The molecular formula is C14H31N3. The van der Waals surface area contributed by atoms with Crippen LogP contribution >= 0.6 is 0 Å². The molecule has 0 saturated carbocycles. The van der Waals surface area contributed by atoms with Crippen LogP contribution in [0.15, 0.2) is 0 Å². The summed E-state index contributed by atoms with van der Waals surface area (Å²) in [5.74, 6) is 1.52. The largest absolute Gasteiger partial charge is 0.315 e. The van der Waals surface area contributed by atoms with E-state index >= 15 is 0 Å². The Bertz CT molecular complexity index is 218. The van der Waals surface area contributed by atoms with Crippen molar-refractivity contribution in [2.45, 2.75) is 39.3 Å². The Balaban J connectivity index is 2.64. The van der Waals surface area contributed by atoms with Crippen molar-refractivity contribution < 1.29 is 0 Å². The first-order valence-corrected chi connectivity index (χ1v) is 7.01. The molecule has 0 aromatic heterocycles. The van der Waals surface area contributed by atoms with E-state index in [9.17, 15) is 0 Å². The molecule has 1 N–H and O–H groups in total. The Morgan fingerprint density at radius 3 is 2.35 bits per heavy atom. The summed E-state index contributed by atoms with van der Waals surface area (Å²) in [5.41, 5.74) is 0. The molecule has 1 fully saturated rings. The Morgan fingerprint density at radius 2 is 1.82 bits per heavy atom. The summed E-state index contributed by atoms with van der Waals surface area (Å²) in [5, 5.41) is 3.56. The first-order valence-electron chi connectivity index (χ1n) is 7.01. The number of rotatable bonds is 5. The lowest BCUT2D eigenvalue weighted by Gasteiger charge is -2.44. The predicted octanol–water partition coefficient (Wildman–Crippen LogP) is 1.50. The predicted molar refractivity (Wildman–Crippen MR) is 75.4 cm³/mol. The topological polar surface area (TPSA) is 18.5 Å². The van der Waals surface area contributed by atoms with Crippen LogP contribution in [-0.2, 0) is 0 Å². The molecule has 1 aliphatic rings. The summed E-state index contributed by atoms with van der Waals surface area (Å²) < 4.78 is 0. The number of hydrogen-bond acceptors (Lipinski definition) is 3. The van der Waals surface area contributed by atoms with Crippen molar-refractivity contribution in [3.63, 3.8) is 0 Å². The molecule has 102 valence electrons. The minimum atomic E-state index is 0.602. The van der Waals surface area contributed by atoms with Gasteiger partial charge in [0, 0.05) is 31.7 Å². The fraction of sp³-hybridized carbons (Fsp3) is 1.00. The summed E-state index contributed by atoms with van der Waals surface area (Å²) in [6.45, 7) is 10.6. The highest BCUT2D eigenvalue weighted by atomic mass is 15.3. The number of likely N-dealkylation sites (N-methyl/N-ethyl adjacent to an activating group) is 3. The third-order valence-electron chi connectivity index (χ3n) is 4.10. The van der Waals surface area contributed by atoms with E-state index in [4.69, 9.17) is 0 Å². The van der Waals surface area contributed by atoms with Gasteiger partial charge in [0.15, 0.2) is 0 Å². The quantitative estimate of drug-likeness (QED) is 0.787. The summed E-state index contributed by atoms with van der Waals surface area (Å²) >= 11 is 0. The van der Waals surface area contributed by atoms with Crippen molar-refractivity contribution in [2.75, 3.05) is 40.8 Å². The maximum atomic E-state index is 3.56. The lowest BCUT2D eigenvalue weighted by molar-refractivity contribution is 0.0713. The molecule has 0 amide bonds. The van der Waals surface area contributed by atoms with Crippen LogP contribution in [0.3, 0.4) is 0 Å². The van der Waals surface area contributed by atoms with Gasteiger partial charge in [-0.15, -0.1) is 0 Å². The molecule has 1 aliphatic heterocycles. The standard InChI is InChI=1S/C14H31N3/c1-11(2)9-12(3)14(15-4)13-10-16(5)7-8-17(13)6/h11-15H,7-10H2,1-6H3. The van der Waals surface area contributed by atoms with E-state index in [2.05, 4.69) is 57.0 Å². The van der Waals surface area contributed by atoms with Crippen LogP contribution < -0.4 is 5.32 Å². The molecule has 3 atom stereocenters. The second-order valence-electron chi connectivity index (χ2n) is 6.23. The number of piperazine rings is 1. The van der Waals surface area contributed by atoms with E-state index in [0.29, 0.717) is 12.1 Å². The average Bonchev–Trinajstić information content (AvgIpc) is 2.23. The molecule has 0 aliphatic carbocycles. The van der Waals surface area contributed by atoms with Crippen molar-refractivity contribution >= 4 is 0 Å². The van der Waals surface area contributed by atoms with Crippen molar-refractivity contribution in [2.24, 2.45) is 11.8 Å².